The minimum absolute atomic E-state index is 0.263. The lowest BCUT2D eigenvalue weighted by Gasteiger charge is -2.39. The molecule has 1 heterocycles. The number of piperidine rings is 1. The molecular formula is C15H28N2O. The number of amides is 1. The summed E-state index contributed by atoms with van der Waals surface area (Å²) in [6.45, 7) is 3.95. The van der Waals surface area contributed by atoms with Gasteiger partial charge >= 0.3 is 0 Å². The summed E-state index contributed by atoms with van der Waals surface area (Å²) in [4.78, 5) is 14.9. The van der Waals surface area contributed by atoms with E-state index in [1.807, 2.05) is 0 Å². The van der Waals surface area contributed by atoms with Crippen LogP contribution in [0.2, 0.25) is 0 Å². The summed E-state index contributed by atoms with van der Waals surface area (Å²) < 4.78 is 0. The molecule has 104 valence electrons. The normalized spacial score (nSPS) is 33.4. The van der Waals surface area contributed by atoms with E-state index in [4.69, 9.17) is 5.73 Å². The van der Waals surface area contributed by atoms with Crippen molar-refractivity contribution in [3.05, 3.63) is 0 Å². The third-order valence-corrected chi connectivity index (χ3v) is 4.85. The van der Waals surface area contributed by atoms with E-state index >= 15 is 0 Å². The van der Waals surface area contributed by atoms with Gasteiger partial charge in [-0.05, 0) is 57.4 Å². The van der Waals surface area contributed by atoms with Crippen LogP contribution in [-0.2, 0) is 4.79 Å². The third-order valence-electron chi connectivity index (χ3n) is 4.85. The first kappa shape index (κ1) is 13.9. The molecular weight excluding hydrogens is 224 g/mol. The predicted molar refractivity (Wildman–Crippen MR) is 74.1 cm³/mol. The van der Waals surface area contributed by atoms with E-state index in [2.05, 4.69) is 11.8 Å². The molecule has 0 bridgehead atoms. The molecule has 3 atom stereocenters. The summed E-state index contributed by atoms with van der Waals surface area (Å²) >= 11 is 0. The van der Waals surface area contributed by atoms with E-state index in [0.717, 1.165) is 32.4 Å². The molecule has 1 aliphatic carbocycles. The van der Waals surface area contributed by atoms with Gasteiger partial charge in [0.15, 0.2) is 0 Å². The van der Waals surface area contributed by atoms with Crippen molar-refractivity contribution in [1.29, 1.82) is 0 Å². The summed E-state index contributed by atoms with van der Waals surface area (Å²) in [5.74, 6) is 1.27. The summed E-state index contributed by atoms with van der Waals surface area (Å²) in [6.07, 6.45) is 9.31. The highest BCUT2D eigenvalue weighted by Crippen LogP contribution is 2.31. The number of hydrogen-bond donors (Lipinski definition) is 1. The number of hydrogen-bond acceptors (Lipinski definition) is 2. The average molecular weight is 252 g/mol. The monoisotopic (exact) mass is 252 g/mol. The SMILES string of the molecule is CCC1CCCCN1C(=O)C1CCCC(CN)C1. The lowest BCUT2D eigenvalue weighted by molar-refractivity contribution is -0.141. The van der Waals surface area contributed by atoms with Crippen molar-refractivity contribution in [2.75, 3.05) is 13.1 Å². The van der Waals surface area contributed by atoms with E-state index in [1.54, 1.807) is 0 Å². The van der Waals surface area contributed by atoms with Crippen LogP contribution in [0.3, 0.4) is 0 Å². The Kier molecular flexibility index (Phi) is 5.04. The first-order valence-corrected chi connectivity index (χ1v) is 7.76. The Hall–Kier alpha value is -0.570. The molecule has 3 nitrogen and oxygen atoms in total. The van der Waals surface area contributed by atoms with Crippen molar-refractivity contribution >= 4 is 5.91 Å². The Morgan fingerprint density at radius 1 is 1.22 bits per heavy atom. The van der Waals surface area contributed by atoms with Gasteiger partial charge in [-0.3, -0.25) is 4.79 Å². The van der Waals surface area contributed by atoms with Crippen LogP contribution >= 0.6 is 0 Å². The van der Waals surface area contributed by atoms with E-state index in [0.29, 0.717) is 17.9 Å². The molecule has 2 N–H and O–H groups in total. The van der Waals surface area contributed by atoms with Crippen LogP contribution < -0.4 is 5.73 Å². The van der Waals surface area contributed by atoms with Crippen molar-refractivity contribution in [3.63, 3.8) is 0 Å². The smallest absolute Gasteiger partial charge is 0.225 e. The maximum absolute atomic E-state index is 12.7. The molecule has 2 aliphatic rings. The average Bonchev–Trinajstić information content (AvgIpc) is 2.46. The third kappa shape index (κ3) is 3.05. The zero-order chi connectivity index (χ0) is 13.0. The van der Waals surface area contributed by atoms with Gasteiger partial charge in [0.25, 0.3) is 0 Å². The second-order valence-corrected chi connectivity index (χ2v) is 6.05. The van der Waals surface area contributed by atoms with Crippen LogP contribution in [-0.4, -0.2) is 29.9 Å². The zero-order valence-corrected chi connectivity index (χ0v) is 11.7. The minimum atomic E-state index is 0.263. The van der Waals surface area contributed by atoms with Crippen LogP contribution in [0.5, 0.6) is 0 Å². The first-order chi connectivity index (χ1) is 8.76. The van der Waals surface area contributed by atoms with E-state index in [-0.39, 0.29) is 5.92 Å². The molecule has 2 fully saturated rings. The van der Waals surface area contributed by atoms with Crippen molar-refractivity contribution in [1.82, 2.24) is 4.90 Å². The van der Waals surface area contributed by atoms with Gasteiger partial charge in [-0.2, -0.15) is 0 Å². The van der Waals surface area contributed by atoms with Gasteiger partial charge in [0.05, 0.1) is 0 Å². The number of nitrogens with zero attached hydrogens (tertiary/aromatic N) is 1. The number of rotatable bonds is 3. The lowest BCUT2D eigenvalue weighted by Crippen LogP contribution is -2.47. The fourth-order valence-electron chi connectivity index (χ4n) is 3.68. The van der Waals surface area contributed by atoms with E-state index in [1.165, 1.54) is 32.1 Å². The van der Waals surface area contributed by atoms with Gasteiger partial charge in [-0.15, -0.1) is 0 Å². The molecule has 0 radical (unpaired) electrons. The van der Waals surface area contributed by atoms with E-state index in [9.17, 15) is 4.79 Å². The number of carbonyl (C=O) groups excluding carboxylic acids is 1. The molecule has 2 rings (SSSR count). The quantitative estimate of drug-likeness (QED) is 0.839. The zero-order valence-electron chi connectivity index (χ0n) is 11.7. The first-order valence-electron chi connectivity index (χ1n) is 7.76. The highest BCUT2D eigenvalue weighted by molar-refractivity contribution is 5.79. The molecule has 1 saturated carbocycles. The topological polar surface area (TPSA) is 46.3 Å². The van der Waals surface area contributed by atoms with E-state index < -0.39 is 0 Å². The minimum Gasteiger partial charge on any atom is -0.339 e. The number of likely N-dealkylation sites (tertiary alicyclic amines) is 1. The van der Waals surface area contributed by atoms with Gasteiger partial charge in [-0.1, -0.05) is 13.3 Å². The van der Waals surface area contributed by atoms with Gasteiger partial charge in [0.1, 0.15) is 0 Å². The highest BCUT2D eigenvalue weighted by Gasteiger charge is 2.33. The molecule has 0 aromatic carbocycles. The summed E-state index contributed by atoms with van der Waals surface area (Å²) in [7, 11) is 0. The molecule has 3 heteroatoms. The van der Waals surface area contributed by atoms with Crippen LogP contribution in [0, 0.1) is 11.8 Å². The van der Waals surface area contributed by atoms with Gasteiger partial charge in [-0.25, -0.2) is 0 Å². The number of carbonyl (C=O) groups is 1. The standard InChI is InChI=1S/C15H28N2O/c1-2-14-8-3-4-9-17(14)15(18)13-7-5-6-12(10-13)11-16/h12-14H,2-11,16H2,1H3. The molecule has 3 unspecified atom stereocenters. The summed E-state index contributed by atoms with van der Waals surface area (Å²) in [5.41, 5.74) is 5.77. The molecule has 1 amide bonds. The van der Waals surface area contributed by atoms with Crippen LogP contribution in [0.25, 0.3) is 0 Å². The molecule has 1 saturated heterocycles. The molecule has 18 heavy (non-hydrogen) atoms. The molecule has 0 spiro atoms. The van der Waals surface area contributed by atoms with Crippen molar-refractivity contribution in [2.45, 2.75) is 64.3 Å². The van der Waals surface area contributed by atoms with Gasteiger partial charge in [0.2, 0.25) is 5.91 Å². The second kappa shape index (κ2) is 6.55. The highest BCUT2D eigenvalue weighted by atomic mass is 16.2. The van der Waals surface area contributed by atoms with Crippen LogP contribution in [0.4, 0.5) is 0 Å². The maximum atomic E-state index is 12.7. The summed E-state index contributed by atoms with van der Waals surface area (Å²) in [5, 5.41) is 0. The Morgan fingerprint density at radius 3 is 2.78 bits per heavy atom. The molecule has 1 aliphatic heterocycles. The van der Waals surface area contributed by atoms with Gasteiger partial charge in [0, 0.05) is 18.5 Å². The Morgan fingerprint density at radius 2 is 2.06 bits per heavy atom. The van der Waals surface area contributed by atoms with Crippen molar-refractivity contribution in [2.24, 2.45) is 17.6 Å². The lowest BCUT2D eigenvalue weighted by atomic mass is 9.80. The van der Waals surface area contributed by atoms with Crippen LogP contribution in [0.1, 0.15) is 58.3 Å². The fraction of sp³-hybridized carbons (Fsp3) is 0.933. The Labute approximate surface area is 111 Å². The molecule has 0 aromatic rings. The Balaban J connectivity index is 1.96. The molecule has 0 aromatic heterocycles. The maximum Gasteiger partial charge on any atom is 0.225 e. The number of nitrogens with two attached hydrogens (primary N) is 1. The largest absolute Gasteiger partial charge is 0.339 e. The van der Waals surface area contributed by atoms with Crippen LogP contribution in [0.15, 0.2) is 0 Å². The van der Waals surface area contributed by atoms with Crippen molar-refractivity contribution in [3.8, 4) is 0 Å². The summed E-state index contributed by atoms with van der Waals surface area (Å²) in [6, 6.07) is 0.504. The van der Waals surface area contributed by atoms with Crippen molar-refractivity contribution < 1.29 is 4.79 Å². The predicted octanol–water partition coefficient (Wildman–Crippen LogP) is 2.54. The second-order valence-electron chi connectivity index (χ2n) is 6.05. The van der Waals surface area contributed by atoms with Gasteiger partial charge < -0.3 is 10.6 Å². The fourth-order valence-corrected chi connectivity index (χ4v) is 3.68. The Bertz CT molecular complexity index is 280.